The Morgan fingerprint density at radius 3 is 3.00 bits per heavy atom. The van der Waals surface area contributed by atoms with Crippen LogP contribution in [-0.4, -0.2) is 23.0 Å². The lowest BCUT2D eigenvalue weighted by atomic mass is 10.3. The Balaban J connectivity index is 2.14. The average Bonchev–Trinajstić information content (AvgIpc) is 2.72. The molecule has 15 heavy (non-hydrogen) atoms. The maximum absolute atomic E-state index is 4.52. The van der Waals surface area contributed by atoms with Crippen molar-refractivity contribution in [3.63, 3.8) is 0 Å². The number of hydrogen-bond donors (Lipinski definition) is 1. The number of thioether (sulfide) groups is 1. The zero-order chi connectivity index (χ0) is 11.1. The van der Waals surface area contributed by atoms with Crippen molar-refractivity contribution < 1.29 is 0 Å². The zero-order valence-electron chi connectivity index (χ0n) is 9.75. The molecule has 1 N–H and O–H groups in total. The largest absolute Gasteiger partial charge is 0.311 e. The fourth-order valence-corrected chi connectivity index (χ4v) is 2.33. The molecule has 0 saturated carbocycles. The van der Waals surface area contributed by atoms with Gasteiger partial charge >= 0.3 is 0 Å². The van der Waals surface area contributed by atoms with Crippen LogP contribution >= 0.6 is 23.1 Å². The standard InChI is InChI=1S/C11H20N2S2/c1-4-11-13-10(8-15-11)7-12-6-5-9(2)14-3/h8-9,12H,4-7H2,1-3H3. The molecule has 1 rings (SSSR count). The highest BCUT2D eigenvalue weighted by Gasteiger charge is 2.01. The Morgan fingerprint density at radius 1 is 1.60 bits per heavy atom. The maximum Gasteiger partial charge on any atom is 0.0926 e. The van der Waals surface area contributed by atoms with E-state index in [2.05, 4.69) is 35.8 Å². The predicted octanol–water partition coefficient (Wildman–Crippen LogP) is 2.94. The molecule has 0 aliphatic carbocycles. The monoisotopic (exact) mass is 244 g/mol. The quantitative estimate of drug-likeness (QED) is 0.747. The van der Waals surface area contributed by atoms with Crippen molar-refractivity contribution in [2.24, 2.45) is 0 Å². The summed E-state index contributed by atoms with van der Waals surface area (Å²) < 4.78 is 0. The highest BCUT2D eigenvalue weighted by Crippen LogP contribution is 2.10. The fourth-order valence-electron chi connectivity index (χ4n) is 1.23. The molecule has 0 aliphatic heterocycles. The average molecular weight is 244 g/mol. The molecule has 0 bridgehead atoms. The number of aromatic nitrogens is 1. The third kappa shape index (κ3) is 5.00. The number of aryl methyl sites for hydroxylation is 1. The topological polar surface area (TPSA) is 24.9 Å². The summed E-state index contributed by atoms with van der Waals surface area (Å²) in [5, 5.41) is 7.58. The SMILES string of the molecule is CCc1nc(CNCCC(C)SC)cs1. The lowest BCUT2D eigenvalue weighted by molar-refractivity contribution is 0.640. The van der Waals surface area contributed by atoms with Crippen LogP contribution in [0.1, 0.15) is 31.0 Å². The van der Waals surface area contributed by atoms with Gasteiger partial charge in [-0.05, 0) is 25.6 Å². The van der Waals surface area contributed by atoms with Crippen LogP contribution < -0.4 is 5.32 Å². The van der Waals surface area contributed by atoms with E-state index in [0.717, 1.165) is 24.8 Å². The summed E-state index contributed by atoms with van der Waals surface area (Å²) in [6.07, 6.45) is 4.44. The molecule has 2 nitrogen and oxygen atoms in total. The molecular formula is C11H20N2S2. The van der Waals surface area contributed by atoms with Crippen LogP contribution in [0.5, 0.6) is 0 Å². The van der Waals surface area contributed by atoms with Gasteiger partial charge in [-0.2, -0.15) is 11.8 Å². The molecule has 1 unspecified atom stereocenters. The van der Waals surface area contributed by atoms with Crippen LogP contribution in [0.3, 0.4) is 0 Å². The molecule has 0 radical (unpaired) electrons. The Labute approximate surface area is 101 Å². The molecule has 0 spiro atoms. The third-order valence-electron chi connectivity index (χ3n) is 2.34. The molecule has 1 aromatic rings. The number of nitrogens with zero attached hydrogens (tertiary/aromatic N) is 1. The molecule has 1 aromatic heterocycles. The van der Waals surface area contributed by atoms with E-state index in [1.165, 1.54) is 17.1 Å². The minimum atomic E-state index is 0.749. The molecule has 0 aromatic carbocycles. The van der Waals surface area contributed by atoms with Crippen molar-refractivity contribution in [1.29, 1.82) is 0 Å². The van der Waals surface area contributed by atoms with Crippen molar-refractivity contribution in [3.05, 3.63) is 16.1 Å². The molecular weight excluding hydrogens is 224 g/mol. The van der Waals surface area contributed by atoms with E-state index >= 15 is 0 Å². The van der Waals surface area contributed by atoms with Crippen LogP contribution in [0.2, 0.25) is 0 Å². The Hall–Kier alpha value is -0.0600. The van der Waals surface area contributed by atoms with Gasteiger partial charge in [0, 0.05) is 17.2 Å². The van der Waals surface area contributed by atoms with Gasteiger partial charge in [-0.1, -0.05) is 13.8 Å². The van der Waals surface area contributed by atoms with Gasteiger partial charge in [0.25, 0.3) is 0 Å². The van der Waals surface area contributed by atoms with E-state index < -0.39 is 0 Å². The van der Waals surface area contributed by atoms with Crippen molar-refractivity contribution in [2.75, 3.05) is 12.8 Å². The molecule has 0 aliphatic rings. The van der Waals surface area contributed by atoms with Crippen molar-refractivity contribution in [1.82, 2.24) is 10.3 Å². The van der Waals surface area contributed by atoms with Gasteiger partial charge in [-0.25, -0.2) is 4.98 Å². The number of hydrogen-bond acceptors (Lipinski definition) is 4. The second-order valence-electron chi connectivity index (χ2n) is 3.60. The van der Waals surface area contributed by atoms with Crippen LogP contribution in [-0.2, 0) is 13.0 Å². The second-order valence-corrected chi connectivity index (χ2v) is 5.82. The van der Waals surface area contributed by atoms with Gasteiger partial charge in [-0.15, -0.1) is 11.3 Å². The normalized spacial score (nSPS) is 13.0. The fraction of sp³-hybridized carbons (Fsp3) is 0.727. The molecule has 1 heterocycles. The third-order valence-corrected chi connectivity index (χ3v) is 4.42. The van der Waals surface area contributed by atoms with Gasteiger partial charge in [-0.3, -0.25) is 0 Å². The maximum atomic E-state index is 4.52. The Kier molecular flexibility index (Phi) is 6.29. The first-order chi connectivity index (χ1) is 7.26. The molecule has 86 valence electrons. The number of thiazole rings is 1. The second kappa shape index (κ2) is 7.25. The molecule has 0 fully saturated rings. The zero-order valence-corrected chi connectivity index (χ0v) is 11.4. The summed E-state index contributed by atoms with van der Waals surface area (Å²) >= 11 is 3.69. The molecule has 0 saturated heterocycles. The summed E-state index contributed by atoms with van der Waals surface area (Å²) in [4.78, 5) is 4.52. The number of rotatable bonds is 7. The highest BCUT2D eigenvalue weighted by atomic mass is 32.2. The lowest BCUT2D eigenvalue weighted by Gasteiger charge is -2.07. The van der Waals surface area contributed by atoms with E-state index in [-0.39, 0.29) is 0 Å². The minimum absolute atomic E-state index is 0.749. The van der Waals surface area contributed by atoms with Crippen LogP contribution in [0.25, 0.3) is 0 Å². The van der Waals surface area contributed by atoms with Gasteiger partial charge < -0.3 is 5.32 Å². The van der Waals surface area contributed by atoms with Crippen LogP contribution in [0.15, 0.2) is 5.38 Å². The van der Waals surface area contributed by atoms with Gasteiger partial charge in [0.05, 0.1) is 10.7 Å². The van der Waals surface area contributed by atoms with Crippen molar-refractivity contribution >= 4 is 23.1 Å². The van der Waals surface area contributed by atoms with E-state index in [1.807, 2.05) is 11.8 Å². The van der Waals surface area contributed by atoms with Gasteiger partial charge in [0.2, 0.25) is 0 Å². The van der Waals surface area contributed by atoms with Gasteiger partial charge in [0.1, 0.15) is 0 Å². The van der Waals surface area contributed by atoms with E-state index in [4.69, 9.17) is 0 Å². The number of nitrogens with one attached hydrogen (secondary N) is 1. The van der Waals surface area contributed by atoms with E-state index in [0.29, 0.717) is 0 Å². The summed E-state index contributed by atoms with van der Waals surface area (Å²) in [7, 11) is 0. The van der Waals surface area contributed by atoms with Crippen molar-refractivity contribution in [3.8, 4) is 0 Å². The molecule has 1 atom stereocenters. The first-order valence-corrected chi connectivity index (χ1v) is 7.59. The van der Waals surface area contributed by atoms with E-state index in [1.54, 1.807) is 11.3 Å². The summed E-state index contributed by atoms with van der Waals surface area (Å²) in [6, 6.07) is 0. The summed E-state index contributed by atoms with van der Waals surface area (Å²) in [5.41, 5.74) is 1.19. The van der Waals surface area contributed by atoms with Crippen molar-refractivity contribution in [2.45, 2.75) is 38.5 Å². The van der Waals surface area contributed by atoms with E-state index in [9.17, 15) is 0 Å². The lowest BCUT2D eigenvalue weighted by Crippen LogP contribution is -2.17. The Bertz CT molecular complexity index is 273. The Morgan fingerprint density at radius 2 is 2.40 bits per heavy atom. The summed E-state index contributed by atoms with van der Waals surface area (Å²) in [6.45, 7) is 6.42. The predicted molar refractivity (Wildman–Crippen MR) is 70.8 cm³/mol. The summed E-state index contributed by atoms with van der Waals surface area (Å²) in [5.74, 6) is 0. The van der Waals surface area contributed by atoms with Crippen LogP contribution in [0.4, 0.5) is 0 Å². The molecule has 0 amide bonds. The van der Waals surface area contributed by atoms with Crippen LogP contribution in [0, 0.1) is 0 Å². The first kappa shape index (κ1) is 13.0. The van der Waals surface area contributed by atoms with Gasteiger partial charge in [0.15, 0.2) is 0 Å². The highest BCUT2D eigenvalue weighted by molar-refractivity contribution is 7.99. The smallest absolute Gasteiger partial charge is 0.0926 e. The first-order valence-electron chi connectivity index (χ1n) is 5.43. The minimum Gasteiger partial charge on any atom is -0.311 e. The molecule has 4 heteroatoms.